The van der Waals surface area contributed by atoms with Crippen LogP contribution in [0.25, 0.3) is 169 Å². The van der Waals surface area contributed by atoms with E-state index in [9.17, 15) is 5.26 Å². The van der Waals surface area contributed by atoms with Gasteiger partial charge in [0, 0.05) is 82.7 Å². The van der Waals surface area contributed by atoms with Crippen molar-refractivity contribution in [2.24, 2.45) is 0 Å². The Kier molecular flexibility index (Phi) is 13.6. The van der Waals surface area contributed by atoms with E-state index in [1.54, 1.807) is 0 Å². The molecule has 0 radical (unpaired) electrons. The number of nitriles is 1. The quantitative estimate of drug-likeness (QED) is 0.116. The Bertz CT molecular complexity index is 5620. The van der Waals surface area contributed by atoms with Crippen LogP contribution in [-0.4, -0.2) is 54.0 Å². The van der Waals surface area contributed by atoms with Gasteiger partial charge in [0.2, 0.25) is 0 Å². The minimum Gasteiger partial charge on any atom is -0.309 e. The van der Waals surface area contributed by atoms with Crippen molar-refractivity contribution in [2.45, 2.75) is 0 Å². The summed E-state index contributed by atoms with van der Waals surface area (Å²) in [6.45, 7) is 0. The first kappa shape index (κ1) is 54.9. The maximum Gasteiger partial charge on any atom is 0.164 e. The molecule has 0 aliphatic heterocycles. The Morgan fingerprint density at radius 1 is 0.213 bits per heavy atom. The van der Waals surface area contributed by atoms with Gasteiger partial charge in [0.15, 0.2) is 52.4 Å². The van der Waals surface area contributed by atoms with E-state index in [-0.39, 0.29) is 0 Å². The van der Waals surface area contributed by atoms with Crippen molar-refractivity contribution in [1.82, 2.24) is 54.0 Å². The number of rotatable bonds is 12. The fourth-order valence-electron chi connectivity index (χ4n) is 12.7. The zero-order valence-electron chi connectivity index (χ0n) is 50.2. The summed E-state index contributed by atoms with van der Waals surface area (Å²) < 4.78 is 4.51. The fraction of sp³-hybridized carbons (Fsp3) is 0. The number of para-hydroxylation sites is 2. The molecule has 0 amide bonds. The lowest BCUT2D eigenvalue weighted by atomic mass is 9.95. The van der Waals surface area contributed by atoms with Crippen LogP contribution in [0.15, 0.2) is 303 Å². The molecular weight excluding hydrogens is 1150 g/mol. The molecule has 17 aromatic rings. The smallest absolute Gasteiger partial charge is 0.164 e. The Morgan fingerprint density at radius 2 is 0.500 bits per heavy atom. The van der Waals surface area contributed by atoms with Gasteiger partial charge in [0.1, 0.15) is 6.07 Å². The highest BCUT2D eigenvalue weighted by molar-refractivity contribution is 6.12. The lowest BCUT2D eigenvalue weighted by molar-refractivity contribution is 1.07. The van der Waals surface area contributed by atoms with Gasteiger partial charge in [-0.3, -0.25) is 0 Å². The highest BCUT2D eigenvalue weighted by Gasteiger charge is 2.25. The predicted molar refractivity (Wildman–Crippen MR) is 374 cm³/mol. The Balaban J connectivity index is 0.873. The van der Waals surface area contributed by atoms with E-state index in [4.69, 9.17) is 44.9 Å². The third-order valence-corrected chi connectivity index (χ3v) is 17.1. The molecule has 12 aromatic carbocycles. The summed E-state index contributed by atoms with van der Waals surface area (Å²) in [7, 11) is 0. The molecule has 94 heavy (non-hydrogen) atoms. The summed E-state index contributed by atoms with van der Waals surface area (Å²) in [4.78, 5) is 46.0. The van der Waals surface area contributed by atoms with E-state index in [0.717, 1.165) is 116 Å². The number of aromatic nitrogens is 11. The number of hydrogen-bond donors (Lipinski definition) is 0. The van der Waals surface area contributed by atoms with E-state index in [0.29, 0.717) is 58.0 Å². The molecule has 5 heterocycles. The van der Waals surface area contributed by atoms with Crippen LogP contribution in [0.5, 0.6) is 0 Å². The molecule has 0 aliphatic carbocycles. The molecule has 0 bridgehead atoms. The van der Waals surface area contributed by atoms with E-state index in [1.165, 1.54) is 0 Å². The largest absolute Gasteiger partial charge is 0.309 e. The third kappa shape index (κ3) is 9.86. The Labute approximate surface area is 539 Å². The molecule has 12 nitrogen and oxygen atoms in total. The minimum atomic E-state index is 0.486. The van der Waals surface area contributed by atoms with Gasteiger partial charge in [0.05, 0.1) is 39.0 Å². The van der Waals surface area contributed by atoms with Gasteiger partial charge < -0.3 is 9.13 Å². The first-order valence-electron chi connectivity index (χ1n) is 30.9. The van der Waals surface area contributed by atoms with Gasteiger partial charge in [0.25, 0.3) is 0 Å². The monoisotopic (exact) mass is 1200 g/mol. The molecule has 5 aromatic heterocycles. The Hall–Kier alpha value is -13.2. The second kappa shape index (κ2) is 23.3. The van der Waals surface area contributed by atoms with E-state index < -0.39 is 0 Å². The van der Waals surface area contributed by atoms with Crippen molar-refractivity contribution in [3.8, 4) is 131 Å². The summed E-state index contributed by atoms with van der Waals surface area (Å²) in [5.74, 6) is 4.99. The van der Waals surface area contributed by atoms with Crippen LogP contribution in [0, 0.1) is 11.3 Å². The molecular formula is C82H50N12. The van der Waals surface area contributed by atoms with E-state index in [2.05, 4.69) is 112 Å². The van der Waals surface area contributed by atoms with Crippen LogP contribution in [0.2, 0.25) is 0 Å². The maximum atomic E-state index is 11.9. The van der Waals surface area contributed by atoms with Crippen molar-refractivity contribution >= 4 is 43.6 Å². The first-order chi connectivity index (χ1) is 46.5. The molecule has 0 fully saturated rings. The van der Waals surface area contributed by atoms with Gasteiger partial charge >= 0.3 is 0 Å². The summed E-state index contributed by atoms with van der Waals surface area (Å²) in [5, 5.41) is 15.9. The number of hydrogen-bond acceptors (Lipinski definition) is 10. The van der Waals surface area contributed by atoms with Crippen molar-refractivity contribution in [2.75, 3.05) is 0 Å². The number of benzene rings is 12. The second-order valence-electron chi connectivity index (χ2n) is 22.8. The fourth-order valence-corrected chi connectivity index (χ4v) is 12.7. The molecule has 12 heteroatoms. The summed E-state index contributed by atoms with van der Waals surface area (Å²) in [5.41, 5.74) is 15.0. The zero-order valence-corrected chi connectivity index (χ0v) is 50.2. The molecule has 17 rings (SSSR count). The van der Waals surface area contributed by atoms with Gasteiger partial charge in [-0.05, 0) is 60.7 Å². The maximum absolute atomic E-state index is 11.9. The van der Waals surface area contributed by atoms with Crippen LogP contribution in [0.1, 0.15) is 5.56 Å². The van der Waals surface area contributed by atoms with Gasteiger partial charge in [-0.25, -0.2) is 44.9 Å². The van der Waals surface area contributed by atoms with Gasteiger partial charge in [-0.2, -0.15) is 5.26 Å². The van der Waals surface area contributed by atoms with Crippen LogP contribution >= 0.6 is 0 Å². The van der Waals surface area contributed by atoms with Crippen molar-refractivity contribution in [3.63, 3.8) is 0 Å². The zero-order chi connectivity index (χ0) is 62.5. The minimum absolute atomic E-state index is 0.486. The van der Waals surface area contributed by atoms with Crippen LogP contribution in [-0.2, 0) is 0 Å². The van der Waals surface area contributed by atoms with Crippen LogP contribution < -0.4 is 0 Å². The van der Waals surface area contributed by atoms with Gasteiger partial charge in [-0.1, -0.05) is 243 Å². The summed E-state index contributed by atoms with van der Waals surface area (Å²) in [6.07, 6.45) is 0. The highest BCUT2D eigenvalue weighted by atomic mass is 15.1. The lowest BCUT2D eigenvalue weighted by Crippen LogP contribution is -2.04. The summed E-state index contributed by atoms with van der Waals surface area (Å²) in [6, 6.07) is 105. The molecule has 0 spiro atoms. The third-order valence-electron chi connectivity index (χ3n) is 17.1. The van der Waals surface area contributed by atoms with Crippen LogP contribution in [0.4, 0.5) is 0 Å². The number of nitrogens with zero attached hydrogens (tertiary/aromatic N) is 12. The topological polar surface area (TPSA) is 150 Å². The molecule has 0 saturated heterocycles. The average Bonchev–Trinajstić information content (AvgIpc) is 1.56. The molecule has 438 valence electrons. The molecule has 0 unspecified atom stereocenters. The first-order valence-corrected chi connectivity index (χ1v) is 30.9. The molecule has 0 atom stereocenters. The van der Waals surface area contributed by atoms with Crippen LogP contribution in [0.3, 0.4) is 0 Å². The second-order valence-corrected chi connectivity index (χ2v) is 22.8. The van der Waals surface area contributed by atoms with Gasteiger partial charge in [-0.15, -0.1) is 0 Å². The lowest BCUT2D eigenvalue weighted by Gasteiger charge is -2.19. The average molecular weight is 1200 g/mol. The highest BCUT2D eigenvalue weighted by Crippen LogP contribution is 2.43. The Morgan fingerprint density at radius 3 is 0.851 bits per heavy atom. The van der Waals surface area contributed by atoms with E-state index >= 15 is 0 Å². The van der Waals surface area contributed by atoms with Crippen molar-refractivity contribution in [3.05, 3.63) is 309 Å². The van der Waals surface area contributed by atoms with E-state index in [1.807, 2.05) is 206 Å². The predicted octanol–water partition coefficient (Wildman–Crippen LogP) is 19.0. The van der Waals surface area contributed by atoms with Crippen molar-refractivity contribution in [1.29, 1.82) is 5.26 Å². The SMILES string of the molecule is N#Cc1c(-c2ccc(-c3nc(-c4ccccc4)nc(-c4ccccc4)n3)cc2-n2c3ccccc3c3cc(-c4nc(-c5ccccc5)nc(-c5ccccc5)n4)ccc32)cccc1-n1c2ccccc2c2cc(-c3nc(-c4ccccc4)nc(-c4ccccc4)n3)ccc21. The normalized spacial score (nSPS) is 11.4. The van der Waals surface area contributed by atoms with Crippen molar-refractivity contribution < 1.29 is 0 Å². The molecule has 0 N–H and O–H groups in total. The molecule has 0 aliphatic rings. The standard InChI is InChI=1S/C82H50N12/c83-51-67-61(38-23-41-70(67)93-68-39-21-19-36-62(68)65-48-58(43-46-71(65)93)80-87-74(52-24-7-1-8-25-52)84-75(88-80)53-26-9-2-10-27-53)64-45-42-60(82-91-78(56-32-15-5-16-33-56)86-79(92-82)57-34-17-6-18-35-57)50-73(64)94-69-40-22-20-37-63(69)66-49-59(44-47-72(66)94)81-89-76(54-28-11-3-12-29-54)85-77(90-81)55-30-13-4-14-31-55/h1-50H. The molecule has 0 saturated carbocycles. The number of fused-ring (bicyclic) bond motifs is 6. The summed E-state index contributed by atoms with van der Waals surface area (Å²) >= 11 is 0.